The van der Waals surface area contributed by atoms with Gasteiger partial charge in [0.25, 0.3) is 0 Å². The van der Waals surface area contributed by atoms with Crippen LogP contribution in [0.4, 0.5) is 0 Å². The number of hydrogen-bond donors (Lipinski definition) is 0. The fourth-order valence-corrected chi connectivity index (χ4v) is 8.32. The highest BCUT2D eigenvalue weighted by atomic mass is 14.4. The van der Waals surface area contributed by atoms with Gasteiger partial charge in [0.15, 0.2) is 0 Å². The van der Waals surface area contributed by atoms with Gasteiger partial charge in [-0.2, -0.15) is 0 Å². The Bertz CT molecular complexity index is 2670. The molecule has 0 aliphatic heterocycles. The van der Waals surface area contributed by atoms with Crippen LogP contribution in [0.15, 0.2) is 158 Å². The zero-order chi connectivity index (χ0) is 31.3. The zero-order valence-electron chi connectivity index (χ0n) is 26.5. The summed E-state index contributed by atoms with van der Waals surface area (Å²) >= 11 is 0. The van der Waals surface area contributed by atoms with Gasteiger partial charge in [0.2, 0.25) is 0 Å². The van der Waals surface area contributed by atoms with E-state index in [1.807, 2.05) is 0 Å². The molecule has 0 amide bonds. The highest BCUT2D eigenvalue weighted by Gasteiger charge is 2.35. The second kappa shape index (κ2) is 9.64. The lowest BCUT2D eigenvalue weighted by Gasteiger charge is -2.22. The van der Waals surface area contributed by atoms with Gasteiger partial charge in [-0.25, -0.2) is 0 Å². The van der Waals surface area contributed by atoms with Crippen molar-refractivity contribution in [2.45, 2.75) is 19.3 Å². The summed E-state index contributed by atoms with van der Waals surface area (Å²) in [5, 5.41) is 10.5. The Hall–Kier alpha value is -5.72. The van der Waals surface area contributed by atoms with Gasteiger partial charge in [0.1, 0.15) is 0 Å². The van der Waals surface area contributed by atoms with Crippen molar-refractivity contribution < 1.29 is 0 Å². The molecule has 0 heteroatoms. The van der Waals surface area contributed by atoms with Crippen LogP contribution in [-0.4, -0.2) is 0 Å². The largest absolute Gasteiger partial charge is 0.0619 e. The van der Waals surface area contributed by atoms with Gasteiger partial charge in [0.05, 0.1) is 0 Å². The third-order valence-corrected chi connectivity index (χ3v) is 10.8. The normalized spacial score (nSPS) is 13.5. The van der Waals surface area contributed by atoms with Crippen LogP contribution in [0.2, 0.25) is 0 Å². The SMILES string of the molecule is CC1(C)c2ccccc2-c2ccc(-c3ccc4cc(-c5ccc(-c6ccc7ccc8cccc9ccc6c7c89)cc5)ccc4c3)cc21. The standard InChI is InChI=1S/C47H32/c1-47(2)43-9-4-3-8-40(43)41-24-22-38(28-44(41)47)37-19-18-35-26-34(16-17-36(35)27-37)29-10-12-30(13-11-29)39-23-20-33-15-14-31-6-5-7-32-21-25-42(39)46(33)45(31)32/h3-28H,1-2H3. The van der Waals surface area contributed by atoms with E-state index in [2.05, 4.69) is 172 Å². The maximum Gasteiger partial charge on any atom is 0.0159 e. The molecule has 47 heavy (non-hydrogen) atoms. The molecule has 9 aromatic carbocycles. The Kier molecular flexibility index (Phi) is 5.44. The summed E-state index contributed by atoms with van der Waals surface area (Å²) in [6.07, 6.45) is 0. The molecule has 10 rings (SSSR count). The summed E-state index contributed by atoms with van der Waals surface area (Å²) < 4.78 is 0. The summed E-state index contributed by atoms with van der Waals surface area (Å²) in [5.41, 5.74) is 13.1. The van der Waals surface area contributed by atoms with Gasteiger partial charge in [-0.15, -0.1) is 0 Å². The van der Waals surface area contributed by atoms with Crippen molar-refractivity contribution in [3.63, 3.8) is 0 Å². The van der Waals surface area contributed by atoms with E-state index >= 15 is 0 Å². The maximum absolute atomic E-state index is 2.41. The third-order valence-electron chi connectivity index (χ3n) is 10.8. The molecule has 1 aliphatic rings. The second-order valence-corrected chi connectivity index (χ2v) is 13.8. The first-order valence-corrected chi connectivity index (χ1v) is 16.6. The van der Waals surface area contributed by atoms with Crippen molar-refractivity contribution in [1.29, 1.82) is 0 Å². The molecule has 0 radical (unpaired) electrons. The topological polar surface area (TPSA) is 0 Å². The molecule has 0 unspecified atom stereocenters. The van der Waals surface area contributed by atoms with Crippen LogP contribution < -0.4 is 0 Å². The molecule has 0 fully saturated rings. The molecule has 0 nitrogen and oxygen atoms in total. The number of benzene rings is 9. The van der Waals surface area contributed by atoms with Gasteiger partial charge in [-0.3, -0.25) is 0 Å². The molecule has 220 valence electrons. The first kappa shape index (κ1) is 26.5. The zero-order valence-corrected chi connectivity index (χ0v) is 26.5. The van der Waals surface area contributed by atoms with Gasteiger partial charge in [-0.1, -0.05) is 153 Å². The third kappa shape index (κ3) is 3.88. The molecule has 0 saturated heterocycles. The summed E-state index contributed by atoms with van der Waals surface area (Å²) in [6.45, 7) is 4.70. The Morgan fingerprint density at radius 1 is 0.319 bits per heavy atom. The van der Waals surface area contributed by atoms with Crippen molar-refractivity contribution in [3.05, 3.63) is 169 Å². The fourth-order valence-electron chi connectivity index (χ4n) is 8.32. The number of fused-ring (bicyclic) bond motifs is 4. The van der Waals surface area contributed by atoms with E-state index in [0.717, 1.165) is 0 Å². The Morgan fingerprint density at radius 2 is 0.830 bits per heavy atom. The molecular weight excluding hydrogens is 565 g/mol. The van der Waals surface area contributed by atoms with Crippen molar-refractivity contribution in [2.24, 2.45) is 0 Å². The first-order valence-electron chi connectivity index (χ1n) is 16.6. The van der Waals surface area contributed by atoms with Crippen molar-refractivity contribution in [1.82, 2.24) is 0 Å². The lowest BCUT2D eigenvalue weighted by Crippen LogP contribution is -2.14. The lowest BCUT2D eigenvalue weighted by molar-refractivity contribution is 0.660. The predicted octanol–water partition coefficient (Wildman–Crippen LogP) is 13.0. The summed E-state index contributed by atoms with van der Waals surface area (Å²) in [6, 6.07) is 59.0. The monoisotopic (exact) mass is 596 g/mol. The van der Waals surface area contributed by atoms with Crippen LogP contribution in [-0.2, 0) is 5.41 Å². The molecule has 0 spiro atoms. The van der Waals surface area contributed by atoms with Gasteiger partial charge < -0.3 is 0 Å². The van der Waals surface area contributed by atoms with Gasteiger partial charge >= 0.3 is 0 Å². The van der Waals surface area contributed by atoms with E-state index in [0.29, 0.717) is 0 Å². The highest BCUT2D eigenvalue weighted by Crippen LogP contribution is 2.49. The molecule has 0 atom stereocenters. The van der Waals surface area contributed by atoms with Gasteiger partial charge in [-0.05, 0) is 117 Å². The average molecular weight is 597 g/mol. The molecule has 0 N–H and O–H groups in total. The summed E-state index contributed by atoms with van der Waals surface area (Å²) in [4.78, 5) is 0. The molecule has 9 aromatic rings. The number of hydrogen-bond acceptors (Lipinski definition) is 0. The van der Waals surface area contributed by atoms with Crippen LogP contribution in [0, 0.1) is 0 Å². The minimum Gasteiger partial charge on any atom is -0.0619 e. The van der Waals surface area contributed by atoms with Crippen LogP contribution in [0.1, 0.15) is 25.0 Å². The Morgan fingerprint density at radius 3 is 1.60 bits per heavy atom. The van der Waals surface area contributed by atoms with E-state index < -0.39 is 0 Å². The quantitative estimate of drug-likeness (QED) is 0.178. The molecule has 0 bridgehead atoms. The highest BCUT2D eigenvalue weighted by molar-refractivity contribution is 6.25. The average Bonchev–Trinajstić information content (AvgIpc) is 3.36. The van der Waals surface area contributed by atoms with Crippen LogP contribution in [0.3, 0.4) is 0 Å². The summed E-state index contributed by atoms with van der Waals surface area (Å²) in [7, 11) is 0. The van der Waals surface area contributed by atoms with E-state index in [4.69, 9.17) is 0 Å². The first-order chi connectivity index (χ1) is 23.0. The second-order valence-electron chi connectivity index (χ2n) is 13.8. The maximum atomic E-state index is 2.41. The van der Waals surface area contributed by atoms with Gasteiger partial charge in [0, 0.05) is 5.41 Å². The molecular formula is C47H32. The van der Waals surface area contributed by atoms with Crippen LogP contribution in [0.25, 0.3) is 87.6 Å². The van der Waals surface area contributed by atoms with Crippen LogP contribution >= 0.6 is 0 Å². The van der Waals surface area contributed by atoms with E-state index in [9.17, 15) is 0 Å². The van der Waals surface area contributed by atoms with Crippen molar-refractivity contribution in [2.75, 3.05) is 0 Å². The Balaban J connectivity index is 0.982. The minimum absolute atomic E-state index is 0.00318. The molecule has 0 aromatic heterocycles. The van der Waals surface area contributed by atoms with Crippen molar-refractivity contribution >= 4 is 43.1 Å². The number of rotatable bonds is 3. The smallest absolute Gasteiger partial charge is 0.0159 e. The molecule has 0 saturated carbocycles. The van der Waals surface area contributed by atoms with Crippen molar-refractivity contribution in [3.8, 4) is 44.5 Å². The molecule has 0 heterocycles. The molecule has 1 aliphatic carbocycles. The predicted molar refractivity (Wildman–Crippen MR) is 202 cm³/mol. The Labute approximate surface area is 274 Å². The summed E-state index contributed by atoms with van der Waals surface area (Å²) in [5.74, 6) is 0. The lowest BCUT2D eigenvalue weighted by atomic mass is 9.81. The van der Waals surface area contributed by atoms with Crippen LogP contribution in [0.5, 0.6) is 0 Å². The minimum atomic E-state index is 0.00318. The fraction of sp³-hybridized carbons (Fsp3) is 0.0638. The van der Waals surface area contributed by atoms with E-state index in [-0.39, 0.29) is 5.41 Å². The van der Waals surface area contributed by atoms with E-state index in [1.54, 1.807) is 0 Å². The van der Waals surface area contributed by atoms with E-state index in [1.165, 1.54) is 98.7 Å².